The van der Waals surface area contributed by atoms with E-state index in [0.29, 0.717) is 16.9 Å². The Kier molecular flexibility index (Phi) is 4.38. The van der Waals surface area contributed by atoms with Crippen LogP contribution in [-0.4, -0.2) is 25.2 Å². The van der Waals surface area contributed by atoms with Gasteiger partial charge in [0.1, 0.15) is 0 Å². The van der Waals surface area contributed by atoms with Gasteiger partial charge in [0.25, 0.3) is 0 Å². The minimum absolute atomic E-state index is 0.319. The van der Waals surface area contributed by atoms with Gasteiger partial charge in [0.2, 0.25) is 0 Å². The highest BCUT2D eigenvalue weighted by atomic mass is 28.3. The molecule has 0 aliphatic carbocycles. The van der Waals surface area contributed by atoms with Crippen molar-refractivity contribution in [2.75, 3.05) is 0 Å². The maximum Gasteiger partial charge on any atom is 0.489 e. The molecule has 5 heteroatoms. The van der Waals surface area contributed by atoms with Gasteiger partial charge in [-0.05, 0) is 22.1 Å². The minimum atomic E-state index is -1.73. The molecule has 1 aromatic rings. The Morgan fingerprint density at radius 3 is 2.11 bits per heavy atom. The maximum absolute atomic E-state index is 9.38. The Morgan fingerprint density at radius 2 is 1.78 bits per heavy atom. The van der Waals surface area contributed by atoms with Crippen LogP contribution in [0.2, 0.25) is 19.6 Å². The van der Waals surface area contributed by atoms with Crippen molar-refractivity contribution in [3.05, 3.63) is 23.3 Å². The molecule has 2 N–H and O–H groups in total. The van der Waals surface area contributed by atoms with Crippen molar-refractivity contribution >= 4 is 25.8 Å². The van der Waals surface area contributed by atoms with Crippen LogP contribution in [-0.2, 0) is 0 Å². The lowest BCUT2D eigenvalue weighted by molar-refractivity contribution is 0.425. The fraction of sp³-hybridized carbons (Fsp3) is 0.462. The second-order valence-electron chi connectivity index (χ2n) is 5.88. The quantitative estimate of drug-likeness (QED) is 0.795. The molecule has 0 bridgehead atoms. The Morgan fingerprint density at radius 1 is 1.22 bits per heavy atom. The summed E-state index contributed by atoms with van der Waals surface area (Å²) in [6.45, 7) is 10.7. The lowest BCUT2D eigenvalue weighted by Crippen LogP contribution is -2.48. The van der Waals surface area contributed by atoms with Crippen molar-refractivity contribution in [1.82, 2.24) is 0 Å². The highest BCUT2D eigenvalue weighted by molar-refractivity contribution is 6.89. The molecule has 0 aliphatic rings. The molecule has 0 heterocycles. The van der Waals surface area contributed by atoms with E-state index in [1.165, 1.54) is 0 Å². The monoisotopic (exact) mass is 261 g/mol. The van der Waals surface area contributed by atoms with Gasteiger partial charge in [-0.1, -0.05) is 45.6 Å². The zero-order valence-electron chi connectivity index (χ0n) is 11.7. The highest BCUT2D eigenvalue weighted by Gasteiger charge is 2.29. The first kappa shape index (κ1) is 15.0. The van der Waals surface area contributed by atoms with Gasteiger partial charge in [-0.15, -0.1) is 0 Å². The van der Waals surface area contributed by atoms with Crippen molar-refractivity contribution in [3.8, 4) is 6.07 Å². The molecule has 0 aliphatic heterocycles. The lowest BCUT2D eigenvalue weighted by Gasteiger charge is -2.26. The molecule has 1 rings (SSSR count). The molecule has 1 aromatic carbocycles. The molecule has 0 spiro atoms. The summed E-state index contributed by atoms with van der Waals surface area (Å²) in [5.41, 5.74) is 1.92. The van der Waals surface area contributed by atoms with Crippen molar-refractivity contribution < 1.29 is 10.0 Å². The van der Waals surface area contributed by atoms with Crippen LogP contribution in [0.15, 0.2) is 12.1 Å². The molecule has 18 heavy (non-hydrogen) atoms. The van der Waals surface area contributed by atoms with Gasteiger partial charge in [0, 0.05) is 0 Å². The van der Waals surface area contributed by atoms with Gasteiger partial charge in [0.15, 0.2) is 0 Å². The van der Waals surface area contributed by atoms with Crippen LogP contribution in [0.5, 0.6) is 0 Å². The molecule has 0 amide bonds. The molecule has 0 atom stereocenters. The molecule has 0 saturated heterocycles. The van der Waals surface area contributed by atoms with Crippen LogP contribution < -0.4 is 10.6 Å². The van der Waals surface area contributed by atoms with Crippen LogP contribution in [0, 0.1) is 11.3 Å². The predicted octanol–water partition coefficient (Wildman–Crippen LogP) is 0.907. The number of hydrogen-bond donors (Lipinski definition) is 2. The van der Waals surface area contributed by atoms with E-state index in [2.05, 4.69) is 39.6 Å². The third kappa shape index (κ3) is 2.83. The van der Waals surface area contributed by atoms with E-state index < -0.39 is 15.2 Å². The Labute approximate surface area is 110 Å². The van der Waals surface area contributed by atoms with Gasteiger partial charge in [0.05, 0.1) is 19.7 Å². The average molecular weight is 261 g/mol. The topological polar surface area (TPSA) is 64.2 Å². The van der Waals surface area contributed by atoms with E-state index in [1.807, 2.05) is 6.07 Å². The molecular weight excluding hydrogens is 241 g/mol. The van der Waals surface area contributed by atoms with Crippen LogP contribution in [0.3, 0.4) is 0 Å². The molecule has 3 nitrogen and oxygen atoms in total. The molecular formula is C13H20BNO2Si. The Bertz CT molecular complexity index is 487. The van der Waals surface area contributed by atoms with E-state index >= 15 is 0 Å². The van der Waals surface area contributed by atoms with Crippen LogP contribution in [0.4, 0.5) is 0 Å². The van der Waals surface area contributed by atoms with E-state index in [0.717, 1.165) is 10.8 Å². The molecule has 0 saturated carbocycles. The minimum Gasteiger partial charge on any atom is -0.423 e. The van der Waals surface area contributed by atoms with E-state index in [-0.39, 0.29) is 0 Å². The van der Waals surface area contributed by atoms with Crippen LogP contribution >= 0.6 is 0 Å². The predicted molar refractivity (Wildman–Crippen MR) is 78.1 cm³/mol. The van der Waals surface area contributed by atoms with Crippen molar-refractivity contribution in [1.29, 1.82) is 5.26 Å². The first-order valence-electron chi connectivity index (χ1n) is 6.13. The molecule has 0 aromatic heterocycles. The zero-order valence-corrected chi connectivity index (χ0v) is 12.7. The summed E-state index contributed by atoms with van der Waals surface area (Å²) in [5.74, 6) is 0.323. The van der Waals surface area contributed by atoms with Gasteiger partial charge in [-0.25, -0.2) is 0 Å². The average Bonchev–Trinajstić information content (AvgIpc) is 2.25. The van der Waals surface area contributed by atoms with Gasteiger partial charge in [-0.2, -0.15) is 5.26 Å². The maximum atomic E-state index is 9.38. The van der Waals surface area contributed by atoms with Gasteiger partial charge in [-0.3, -0.25) is 0 Å². The fourth-order valence-electron chi connectivity index (χ4n) is 2.26. The van der Waals surface area contributed by atoms with Crippen molar-refractivity contribution in [3.63, 3.8) is 0 Å². The summed E-state index contributed by atoms with van der Waals surface area (Å²) in [5, 5.41) is 29.2. The van der Waals surface area contributed by atoms with Crippen molar-refractivity contribution in [2.45, 2.75) is 39.4 Å². The molecule has 0 fully saturated rings. The number of benzene rings is 1. The summed E-state index contributed by atoms with van der Waals surface area (Å²) < 4.78 is 0. The second-order valence-corrected chi connectivity index (χ2v) is 10.9. The second kappa shape index (κ2) is 5.27. The summed E-state index contributed by atoms with van der Waals surface area (Å²) in [4.78, 5) is 0. The molecule has 96 valence electrons. The number of rotatable bonds is 3. The van der Waals surface area contributed by atoms with Gasteiger partial charge >= 0.3 is 7.12 Å². The Balaban J connectivity index is 3.69. The van der Waals surface area contributed by atoms with Crippen LogP contribution in [0.1, 0.15) is 30.9 Å². The van der Waals surface area contributed by atoms with Gasteiger partial charge < -0.3 is 10.0 Å². The number of nitrogens with zero attached hydrogens (tertiary/aromatic N) is 1. The van der Waals surface area contributed by atoms with Crippen molar-refractivity contribution in [2.24, 2.45) is 0 Å². The summed E-state index contributed by atoms with van der Waals surface area (Å²) in [6, 6.07) is 5.74. The largest absolute Gasteiger partial charge is 0.489 e. The third-order valence-corrected chi connectivity index (χ3v) is 5.07. The van der Waals surface area contributed by atoms with E-state index in [4.69, 9.17) is 0 Å². The fourth-order valence-corrected chi connectivity index (χ4v) is 4.45. The SMILES string of the molecule is CC(C)c1ccc(B(O)O)c(C#N)c1[Si](C)(C)C. The summed E-state index contributed by atoms with van der Waals surface area (Å²) in [6.07, 6.45) is 0. The Hall–Kier alpha value is -1.09. The standard InChI is InChI=1S/C13H20BNO2Si/c1-9(2)10-6-7-12(14(16)17)11(8-15)13(10)18(3,4)5/h6-7,9,16-17H,1-5H3. The zero-order chi connectivity index (χ0) is 14.1. The number of nitriles is 1. The van der Waals surface area contributed by atoms with E-state index in [9.17, 15) is 15.3 Å². The number of hydrogen-bond acceptors (Lipinski definition) is 3. The molecule has 0 radical (unpaired) electrons. The summed E-state index contributed by atoms with van der Waals surface area (Å²) >= 11 is 0. The molecule has 0 unspecified atom stereocenters. The normalized spacial score (nSPS) is 11.5. The first-order valence-corrected chi connectivity index (χ1v) is 9.63. The summed E-state index contributed by atoms with van der Waals surface area (Å²) in [7, 11) is -3.32. The van der Waals surface area contributed by atoms with Crippen LogP contribution in [0.25, 0.3) is 0 Å². The third-order valence-electron chi connectivity index (χ3n) is 3.03. The highest BCUT2D eigenvalue weighted by Crippen LogP contribution is 2.18. The lowest BCUT2D eigenvalue weighted by atomic mass is 9.76. The first-order chi connectivity index (χ1) is 8.20. The smallest absolute Gasteiger partial charge is 0.423 e. The van der Waals surface area contributed by atoms with E-state index in [1.54, 1.807) is 6.07 Å².